The van der Waals surface area contributed by atoms with Crippen LogP contribution in [-0.2, 0) is 6.54 Å². The molecule has 0 saturated heterocycles. The van der Waals surface area contributed by atoms with Crippen LogP contribution in [0.5, 0.6) is 0 Å². The Bertz CT molecular complexity index is 364. The highest BCUT2D eigenvalue weighted by molar-refractivity contribution is 9.10. The van der Waals surface area contributed by atoms with Gasteiger partial charge in [0.2, 0.25) is 0 Å². The predicted molar refractivity (Wildman–Crippen MR) is 47.6 cm³/mol. The molecule has 0 atom stereocenters. The highest BCUT2D eigenvalue weighted by Gasteiger charge is 2.18. The van der Waals surface area contributed by atoms with Crippen LogP contribution < -0.4 is 11.3 Å². The topological polar surface area (TPSA) is 58.9 Å². The van der Waals surface area contributed by atoms with Gasteiger partial charge in [0.15, 0.2) is 0 Å². The van der Waals surface area contributed by atoms with Crippen molar-refractivity contribution in [3.05, 3.63) is 32.2 Å². The Labute approximate surface area is 81.1 Å². The molecule has 0 fully saturated rings. The van der Waals surface area contributed by atoms with Gasteiger partial charge in [-0.15, -0.1) is 0 Å². The number of pyridine rings is 1. The molecule has 3 nitrogen and oxygen atoms in total. The molecule has 1 heterocycles. The monoisotopic (exact) mass is 252 g/mol. The molecular weight excluding hydrogens is 246 g/mol. The van der Waals surface area contributed by atoms with Crippen LogP contribution in [0.2, 0.25) is 0 Å². The molecule has 1 rings (SSSR count). The Hall–Kier alpha value is -0.750. The van der Waals surface area contributed by atoms with Gasteiger partial charge in [0.25, 0.3) is 12.0 Å². The van der Waals surface area contributed by atoms with Crippen LogP contribution in [0, 0.1) is 0 Å². The van der Waals surface area contributed by atoms with Crippen molar-refractivity contribution in [2.75, 3.05) is 0 Å². The number of halogens is 3. The number of nitrogens with one attached hydrogen (secondary N) is 1. The van der Waals surface area contributed by atoms with Crippen molar-refractivity contribution in [3.8, 4) is 0 Å². The number of rotatable bonds is 2. The Morgan fingerprint density at radius 2 is 2.23 bits per heavy atom. The van der Waals surface area contributed by atoms with E-state index in [1.165, 1.54) is 6.20 Å². The Morgan fingerprint density at radius 3 is 2.69 bits per heavy atom. The van der Waals surface area contributed by atoms with E-state index in [9.17, 15) is 13.6 Å². The maximum absolute atomic E-state index is 12.3. The largest absolute Gasteiger partial charge is 0.328 e. The number of aromatic nitrogens is 1. The first-order valence-electron chi connectivity index (χ1n) is 3.46. The van der Waals surface area contributed by atoms with E-state index in [-0.39, 0.29) is 11.0 Å². The van der Waals surface area contributed by atoms with Crippen molar-refractivity contribution >= 4 is 15.9 Å². The van der Waals surface area contributed by atoms with Crippen molar-refractivity contribution in [1.82, 2.24) is 4.98 Å². The van der Waals surface area contributed by atoms with Gasteiger partial charge in [0.05, 0.1) is 5.56 Å². The van der Waals surface area contributed by atoms with Crippen LogP contribution in [0.3, 0.4) is 0 Å². The van der Waals surface area contributed by atoms with E-state index < -0.39 is 17.5 Å². The lowest BCUT2D eigenvalue weighted by atomic mass is 10.2. The molecule has 0 amide bonds. The number of hydrogen-bond acceptors (Lipinski definition) is 2. The minimum absolute atomic E-state index is 0.0914. The molecule has 0 aliphatic rings. The van der Waals surface area contributed by atoms with Crippen LogP contribution in [-0.4, -0.2) is 4.98 Å². The molecule has 0 aliphatic carbocycles. The third-order valence-electron chi connectivity index (χ3n) is 1.58. The number of H-pyrrole nitrogens is 1. The normalized spacial score (nSPS) is 10.8. The van der Waals surface area contributed by atoms with Gasteiger partial charge in [0.1, 0.15) is 0 Å². The lowest BCUT2D eigenvalue weighted by molar-refractivity contribution is 0.148. The smallest absolute Gasteiger partial charge is 0.270 e. The Kier molecular flexibility index (Phi) is 3.16. The standard InChI is InChI=1S/C7H7BrF2N2O/c8-5-3(1-11)2-12-7(13)4(5)6(9)10/h2,6H,1,11H2,(H,12,13). The van der Waals surface area contributed by atoms with Crippen LogP contribution in [0.25, 0.3) is 0 Å². The van der Waals surface area contributed by atoms with Crippen LogP contribution in [0.1, 0.15) is 17.6 Å². The van der Waals surface area contributed by atoms with E-state index >= 15 is 0 Å². The third kappa shape index (κ3) is 1.94. The Balaban J connectivity index is 3.39. The molecule has 1 aromatic rings. The first-order chi connectivity index (χ1) is 6.07. The van der Waals surface area contributed by atoms with E-state index in [0.717, 1.165) is 0 Å². The van der Waals surface area contributed by atoms with Gasteiger partial charge in [-0.2, -0.15) is 0 Å². The fraction of sp³-hybridized carbons (Fsp3) is 0.286. The molecular formula is C7H7BrF2N2O. The molecule has 0 spiro atoms. The van der Waals surface area contributed by atoms with E-state index in [0.29, 0.717) is 5.56 Å². The van der Waals surface area contributed by atoms with E-state index in [4.69, 9.17) is 5.73 Å². The third-order valence-corrected chi connectivity index (χ3v) is 2.52. The summed E-state index contributed by atoms with van der Waals surface area (Å²) < 4.78 is 24.7. The van der Waals surface area contributed by atoms with Crippen molar-refractivity contribution < 1.29 is 8.78 Å². The van der Waals surface area contributed by atoms with Crippen molar-refractivity contribution in [1.29, 1.82) is 0 Å². The van der Waals surface area contributed by atoms with Gasteiger partial charge in [0, 0.05) is 17.2 Å². The van der Waals surface area contributed by atoms with Gasteiger partial charge in [-0.3, -0.25) is 4.79 Å². The number of aromatic amines is 1. The summed E-state index contributed by atoms with van der Waals surface area (Å²) in [7, 11) is 0. The summed E-state index contributed by atoms with van der Waals surface area (Å²) in [6.07, 6.45) is -1.48. The fourth-order valence-corrected chi connectivity index (χ4v) is 1.54. The number of alkyl halides is 2. The maximum Gasteiger partial charge on any atom is 0.270 e. The zero-order valence-corrected chi connectivity index (χ0v) is 8.07. The molecule has 72 valence electrons. The summed E-state index contributed by atoms with van der Waals surface area (Å²) in [5.74, 6) is 0. The second-order valence-corrected chi connectivity index (χ2v) is 3.17. The molecule has 3 N–H and O–H groups in total. The molecule has 6 heteroatoms. The molecule has 0 bridgehead atoms. The zero-order chi connectivity index (χ0) is 10.0. The SMILES string of the molecule is NCc1c[nH]c(=O)c(C(F)F)c1Br. The first-order valence-corrected chi connectivity index (χ1v) is 4.25. The molecule has 1 aromatic heterocycles. The first kappa shape index (κ1) is 10.3. The van der Waals surface area contributed by atoms with Crippen molar-refractivity contribution in [2.45, 2.75) is 13.0 Å². The summed E-state index contributed by atoms with van der Waals surface area (Å²) in [5.41, 5.74) is 4.37. The molecule has 0 saturated carbocycles. The molecule has 0 unspecified atom stereocenters. The average molecular weight is 253 g/mol. The summed E-state index contributed by atoms with van der Waals surface area (Å²) in [6.45, 7) is 0.0943. The van der Waals surface area contributed by atoms with Crippen molar-refractivity contribution in [2.24, 2.45) is 5.73 Å². The van der Waals surface area contributed by atoms with Gasteiger partial charge in [-0.05, 0) is 21.5 Å². The number of nitrogens with two attached hydrogens (primary N) is 1. The average Bonchev–Trinajstić information content (AvgIpc) is 2.04. The summed E-state index contributed by atoms with van der Waals surface area (Å²) in [5, 5.41) is 0. The molecule has 0 aliphatic heterocycles. The summed E-state index contributed by atoms with van der Waals surface area (Å²) >= 11 is 2.91. The summed E-state index contributed by atoms with van der Waals surface area (Å²) in [4.78, 5) is 13.1. The number of hydrogen-bond donors (Lipinski definition) is 2. The highest BCUT2D eigenvalue weighted by Crippen LogP contribution is 2.26. The highest BCUT2D eigenvalue weighted by atomic mass is 79.9. The van der Waals surface area contributed by atoms with Crippen LogP contribution in [0.15, 0.2) is 15.5 Å². The lowest BCUT2D eigenvalue weighted by Crippen LogP contribution is -2.16. The Morgan fingerprint density at radius 1 is 1.62 bits per heavy atom. The second-order valence-electron chi connectivity index (χ2n) is 2.38. The summed E-state index contributed by atoms with van der Waals surface area (Å²) in [6, 6.07) is 0. The van der Waals surface area contributed by atoms with Crippen LogP contribution in [0.4, 0.5) is 8.78 Å². The molecule has 0 aromatic carbocycles. The minimum atomic E-state index is -2.80. The van der Waals surface area contributed by atoms with Crippen LogP contribution >= 0.6 is 15.9 Å². The van der Waals surface area contributed by atoms with E-state index in [2.05, 4.69) is 20.9 Å². The lowest BCUT2D eigenvalue weighted by Gasteiger charge is -2.05. The minimum Gasteiger partial charge on any atom is -0.328 e. The van der Waals surface area contributed by atoms with Gasteiger partial charge in [-0.25, -0.2) is 8.78 Å². The molecule has 13 heavy (non-hydrogen) atoms. The molecule has 0 radical (unpaired) electrons. The van der Waals surface area contributed by atoms with Gasteiger partial charge in [-0.1, -0.05) is 0 Å². The predicted octanol–water partition coefficient (Wildman–Crippen LogP) is 1.53. The van der Waals surface area contributed by atoms with Crippen molar-refractivity contribution in [3.63, 3.8) is 0 Å². The second kappa shape index (κ2) is 3.97. The van der Waals surface area contributed by atoms with E-state index in [1.54, 1.807) is 0 Å². The maximum atomic E-state index is 12.3. The zero-order valence-electron chi connectivity index (χ0n) is 6.48. The quantitative estimate of drug-likeness (QED) is 0.839. The van der Waals surface area contributed by atoms with Gasteiger partial charge >= 0.3 is 0 Å². The van der Waals surface area contributed by atoms with Gasteiger partial charge < -0.3 is 10.7 Å². The fourth-order valence-electron chi connectivity index (χ4n) is 0.910. The van der Waals surface area contributed by atoms with E-state index in [1.807, 2.05) is 0 Å².